The van der Waals surface area contributed by atoms with E-state index in [0.29, 0.717) is 12.2 Å². The van der Waals surface area contributed by atoms with Crippen molar-refractivity contribution in [3.63, 3.8) is 0 Å². The zero-order valence-electron chi connectivity index (χ0n) is 15.8. The quantitative estimate of drug-likeness (QED) is 0.791. The van der Waals surface area contributed by atoms with Crippen LogP contribution in [0.2, 0.25) is 0 Å². The molecule has 27 heavy (non-hydrogen) atoms. The maximum Gasteiger partial charge on any atom is 0.261 e. The molecule has 1 fully saturated rings. The number of β-amino-alcohol motifs (C(OH)–C–C–N with tert-alkyl or cyclic N) is 1. The molecule has 0 aliphatic carbocycles. The van der Waals surface area contributed by atoms with Crippen molar-refractivity contribution in [3.05, 3.63) is 59.7 Å². The van der Waals surface area contributed by atoms with Gasteiger partial charge in [-0.1, -0.05) is 29.8 Å². The highest BCUT2D eigenvalue weighted by molar-refractivity contribution is 7.92. The van der Waals surface area contributed by atoms with Gasteiger partial charge in [0.1, 0.15) is 0 Å². The Hall–Kier alpha value is -1.93. The number of anilines is 1. The van der Waals surface area contributed by atoms with Crippen LogP contribution in [0.1, 0.15) is 17.2 Å². The summed E-state index contributed by atoms with van der Waals surface area (Å²) in [5.41, 5.74) is 2.27. The van der Waals surface area contributed by atoms with Gasteiger partial charge in [0.25, 0.3) is 10.0 Å². The molecule has 1 heterocycles. The first kappa shape index (κ1) is 19.8. The topological polar surface area (TPSA) is 72.9 Å². The molecule has 2 aromatic rings. The summed E-state index contributed by atoms with van der Waals surface area (Å²) in [5.74, 6) is 0. The first-order valence-corrected chi connectivity index (χ1v) is 10.6. The molecular formula is C20H27N3O3S. The van der Waals surface area contributed by atoms with Crippen molar-refractivity contribution < 1.29 is 13.5 Å². The van der Waals surface area contributed by atoms with Gasteiger partial charge in [0.05, 0.1) is 11.0 Å². The van der Waals surface area contributed by atoms with Crippen molar-refractivity contribution >= 4 is 15.7 Å². The van der Waals surface area contributed by atoms with Crippen molar-refractivity contribution in [3.8, 4) is 0 Å². The molecule has 2 N–H and O–H groups in total. The fraction of sp³-hybridized carbons (Fsp3) is 0.400. The van der Waals surface area contributed by atoms with Crippen LogP contribution in [-0.2, 0) is 10.0 Å². The van der Waals surface area contributed by atoms with Gasteiger partial charge in [-0.05, 0) is 43.8 Å². The molecule has 0 bridgehead atoms. The number of piperazine rings is 1. The Morgan fingerprint density at radius 3 is 2.19 bits per heavy atom. The van der Waals surface area contributed by atoms with Gasteiger partial charge in [0.15, 0.2) is 0 Å². The second-order valence-electron chi connectivity index (χ2n) is 7.16. The van der Waals surface area contributed by atoms with Gasteiger partial charge < -0.3 is 10.0 Å². The first-order chi connectivity index (χ1) is 12.8. The molecule has 0 saturated carbocycles. The van der Waals surface area contributed by atoms with E-state index < -0.39 is 16.1 Å². The SMILES string of the molecule is Cc1ccc(S(=O)(=O)Nc2ccc(C(O)CN3CCN(C)CC3)cc2)cc1. The molecule has 0 spiro atoms. The summed E-state index contributed by atoms with van der Waals surface area (Å²) in [6.07, 6.45) is -0.587. The maximum absolute atomic E-state index is 12.4. The highest BCUT2D eigenvalue weighted by Gasteiger charge is 2.18. The standard InChI is InChI=1S/C20H27N3O3S/c1-16-3-9-19(10-4-16)27(25,26)21-18-7-5-17(6-8-18)20(24)15-23-13-11-22(2)12-14-23/h3-10,20-21,24H,11-15H2,1-2H3. The molecule has 0 radical (unpaired) electrons. The summed E-state index contributed by atoms with van der Waals surface area (Å²) in [6, 6.07) is 13.6. The van der Waals surface area contributed by atoms with Crippen LogP contribution in [0.4, 0.5) is 5.69 Å². The fourth-order valence-electron chi connectivity index (χ4n) is 3.09. The number of benzene rings is 2. The van der Waals surface area contributed by atoms with Crippen LogP contribution in [0, 0.1) is 6.92 Å². The van der Waals surface area contributed by atoms with Gasteiger partial charge >= 0.3 is 0 Å². The minimum atomic E-state index is -3.62. The van der Waals surface area contributed by atoms with E-state index in [2.05, 4.69) is 21.6 Å². The second-order valence-corrected chi connectivity index (χ2v) is 8.84. The summed E-state index contributed by atoms with van der Waals surface area (Å²) < 4.78 is 27.5. The van der Waals surface area contributed by atoms with E-state index in [1.54, 1.807) is 48.5 Å². The number of rotatable bonds is 6. The molecule has 7 heteroatoms. The van der Waals surface area contributed by atoms with Gasteiger partial charge in [0, 0.05) is 38.4 Å². The lowest BCUT2D eigenvalue weighted by molar-refractivity contribution is 0.0805. The highest BCUT2D eigenvalue weighted by atomic mass is 32.2. The third-order valence-corrected chi connectivity index (χ3v) is 6.30. The number of likely N-dealkylation sites (N-methyl/N-ethyl adjacent to an activating group) is 1. The molecular weight excluding hydrogens is 362 g/mol. The summed E-state index contributed by atoms with van der Waals surface area (Å²) >= 11 is 0. The third-order valence-electron chi connectivity index (χ3n) is 4.91. The van der Waals surface area contributed by atoms with Gasteiger partial charge in [-0.3, -0.25) is 9.62 Å². The summed E-state index contributed by atoms with van der Waals surface area (Å²) in [6.45, 7) is 6.40. The Morgan fingerprint density at radius 2 is 1.59 bits per heavy atom. The zero-order chi connectivity index (χ0) is 19.4. The third kappa shape index (κ3) is 5.29. The van der Waals surface area contributed by atoms with E-state index in [1.165, 1.54) is 0 Å². The molecule has 146 valence electrons. The van der Waals surface area contributed by atoms with Gasteiger partial charge in [-0.15, -0.1) is 0 Å². The average molecular weight is 390 g/mol. The Bertz CT molecular complexity index is 843. The molecule has 1 saturated heterocycles. The summed E-state index contributed by atoms with van der Waals surface area (Å²) in [4.78, 5) is 4.75. The number of aliphatic hydroxyl groups is 1. The van der Waals surface area contributed by atoms with Crippen molar-refractivity contribution in [1.29, 1.82) is 0 Å². The number of aliphatic hydroxyl groups excluding tert-OH is 1. The Morgan fingerprint density at radius 1 is 1.00 bits per heavy atom. The van der Waals surface area contributed by atoms with Crippen LogP contribution in [0.15, 0.2) is 53.4 Å². The molecule has 1 unspecified atom stereocenters. The normalized spacial score (nSPS) is 17.6. The highest BCUT2D eigenvalue weighted by Crippen LogP contribution is 2.21. The predicted octanol–water partition coefficient (Wildman–Crippen LogP) is 2.08. The van der Waals surface area contributed by atoms with Gasteiger partial charge in [-0.2, -0.15) is 0 Å². The lowest BCUT2D eigenvalue weighted by Crippen LogP contribution is -2.45. The molecule has 6 nitrogen and oxygen atoms in total. The number of aryl methyl sites for hydroxylation is 1. The first-order valence-electron chi connectivity index (χ1n) is 9.12. The minimum absolute atomic E-state index is 0.229. The Labute approximate surface area is 161 Å². The molecule has 1 aliphatic rings. The molecule has 3 rings (SSSR count). The predicted molar refractivity (Wildman–Crippen MR) is 107 cm³/mol. The van der Waals surface area contributed by atoms with E-state index in [1.807, 2.05) is 6.92 Å². The number of hydrogen-bond acceptors (Lipinski definition) is 5. The molecule has 1 aliphatic heterocycles. The van der Waals surface area contributed by atoms with E-state index >= 15 is 0 Å². The average Bonchev–Trinajstić information content (AvgIpc) is 2.64. The van der Waals surface area contributed by atoms with E-state index in [-0.39, 0.29) is 4.90 Å². The largest absolute Gasteiger partial charge is 0.387 e. The number of nitrogens with one attached hydrogen (secondary N) is 1. The van der Waals surface area contributed by atoms with Crippen LogP contribution in [0.3, 0.4) is 0 Å². The fourth-order valence-corrected chi connectivity index (χ4v) is 4.14. The van der Waals surface area contributed by atoms with Crippen LogP contribution >= 0.6 is 0 Å². The maximum atomic E-state index is 12.4. The van der Waals surface area contributed by atoms with E-state index in [9.17, 15) is 13.5 Å². The Balaban J connectivity index is 1.62. The minimum Gasteiger partial charge on any atom is -0.387 e. The van der Waals surface area contributed by atoms with Crippen LogP contribution in [-0.4, -0.2) is 63.1 Å². The molecule has 2 aromatic carbocycles. The van der Waals surface area contributed by atoms with Gasteiger partial charge in [-0.25, -0.2) is 8.42 Å². The number of nitrogens with zero attached hydrogens (tertiary/aromatic N) is 2. The van der Waals surface area contributed by atoms with E-state index in [4.69, 9.17) is 0 Å². The van der Waals surface area contributed by atoms with Crippen molar-refractivity contribution in [1.82, 2.24) is 9.80 Å². The lowest BCUT2D eigenvalue weighted by atomic mass is 10.1. The smallest absolute Gasteiger partial charge is 0.261 e. The summed E-state index contributed by atoms with van der Waals surface area (Å²) in [5, 5.41) is 10.5. The number of sulfonamides is 1. The number of hydrogen-bond donors (Lipinski definition) is 2. The van der Waals surface area contributed by atoms with Crippen LogP contribution in [0.25, 0.3) is 0 Å². The van der Waals surface area contributed by atoms with Crippen LogP contribution < -0.4 is 4.72 Å². The monoisotopic (exact) mass is 389 g/mol. The lowest BCUT2D eigenvalue weighted by Gasteiger charge is -2.33. The van der Waals surface area contributed by atoms with Crippen molar-refractivity contribution in [2.75, 3.05) is 44.5 Å². The molecule has 0 aromatic heterocycles. The molecule has 1 atom stereocenters. The van der Waals surface area contributed by atoms with E-state index in [0.717, 1.165) is 37.3 Å². The van der Waals surface area contributed by atoms with Crippen molar-refractivity contribution in [2.24, 2.45) is 0 Å². The van der Waals surface area contributed by atoms with Crippen LogP contribution in [0.5, 0.6) is 0 Å². The summed E-state index contributed by atoms with van der Waals surface area (Å²) in [7, 11) is -1.52. The zero-order valence-corrected chi connectivity index (χ0v) is 16.6. The van der Waals surface area contributed by atoms with Crippen molar-refractivity contribution in [2.45, 2.75) is 17.9 Å². The molecule has 0 amide bonds. The van der Waals surface area contributed by atoms with Gasteiger partial charge in [0.2, 0.25) is 0 Å². The Kier molecular flexibility index (Phi) is 6.16. The second kappa shape index (κ2) is 8.39.